The minimum absolute atomic E-state index is 0.187. The molecular formula is C16H23N7O2. The summed E-state index contributed by atoms with van der Waals surface area (Å²) < 4.78 is 10.6. The molecule has 2 aromatic rings. The zero-order valence-electron chi connectivity index (χ0n) is 14.7. The van der Waals surface area contributed by atoms with Crippen LogP contribution in [0.1, 0.15) is 0 Å². The second-order valence-electron chi connectivity index (χ2n) is 5.80. The van der Waals surface area contributed by atoms with Gasteiger partial charge in [-0.2, -0.15) is 15.0 Å². The Morgan fingerprint density at radius 3 is 2.40 bits per heavy atom. The van der Waals surface area contributed by atoms with Gasteiger partial charge in [0.1, 0.15) is 0 Å². The summed E-state index contributed by atoms with van der Waals surface area (Å²) in [5.41, 5.74) is 6.64. The Labute approximate surface area is 146 Å². The van der Waals surface area contributed by atoms with Crippen LogP contribution in [0.15, 0.2) is 18.2 Å². The Balaban J connectivity index is 1.81. The molecule has 1 aliphatic rings. The molecule has 9 heteroatoms. The quantitative estimate of drug-likeness (QED) is 0.820. The van der Waals surface area contributed by atoms with Crippen molar-refractivity contribution in [3.63, 3.8) is 0 Å². The van der Waals surface area contributed by atoms with E-state index in [-0.39, 0.29) is 5.95 Å². The Morgan fingerprint density at radius 2 is 1.72 bits per heavy atom. The largest absolute Gasteiger partial charge is 0.493 e. The first-order chi connectivity index (χ1) is 12.1. The van der Waals surface area contributed by atoms with Gasteiger partial charge in [0.2, 0.25) is 17.8 Å². The normalized spacial score (nSPS) is 15.1. The molecule has 0 radical (unpaired) electrons. The lowest BCUT2D eigenvalue weighted by Crippen LogP contribution is -2.45. The molecule has 0 amide bonds. The first kappa shape index (κ1) is 17.0. The number of nitrogens with one attached hydrogen (secondary N) is 1. The van der Waals surface area contributed by atoms with Gasteiger partial charge >= 0.3 is 0 Å². The Kier molecular flexibility index (Phi) is 5.03. The summed E-state index contributed by atoms with van der Waals surface area (Å²) in [6.07, 6.45) is 0. The number of piperazine rings is 1. The number of rotatable bonds is 5. The minimum Gasteiger partial charge on any atom is -0.493 e. The third-order valence-electron chi connectivity index (χ3n) is 4.07. The van der Waals surface area contributed by atoms with Crippen LogP contribution in [0.2, 0.25) is 0 Å². The van der Waals surface area contributed by atoms with E-state index in [4.69, 9.17) is 15.2 Å². The van der Waals surface area contributed by atoms with Crippen molar-refractivity contribution in [2.75, 3.05) is 63.4 Å². The molecule has 0 spiro atoms. The highest BCUT2D eigenvalue weighted by Gasteiger charge is 2.18. The number of hydrogen-bond donors (Lipinski definition) is 2. The number of ether oxygens (including phenoxy) is 2. The van der Waals surface area contributed by atoms with Gasteiger partial charge in [-0.15, -0.1) is 0 Å². The Hall–Kier alpha value is -2.81. The molecule has 1 saturated heterocycles. The Morgan fingerprint density at radius 1 is 1.00 bits per heavy atom. The van der Waals surface area contributed by atoms with Crippen molar-refractivity contribution in [2.24, 2.45) is 0 Å². The van der Waals surface area contributed by atoms with Crippen molar-refractivity contribution in [1.82, 2.24) is 19.9 Å². The number of anilines is 4. The molecule has 1 aromatic carbocycles. The molecule has 3 rings (SSSR count). The molecule has 3 N–H and O–H groups in total. The van der Waals surface area contributed by atoms with Crippen LogP contribution in [0.25, 0.3) is 0 Å². The maximum Gasteiger partial charge on any atom is 0.233 e. The first-order valence-corrected chi connectivity index (χ1v) is 8.03. The number of hydrogen-bond acceptors (Lipinski definition) is 9. The summed E-state index contributed by atoms with van der Waals surface area (Å²) in [6, 6.07) is 5.48. The molecule has 9 nitrogen and oxygen atoms in total. The number of methoxy groups -OCH3 is 2. The first-order valence-electron chi connectivity index (χ1n) is 8.03. The van der Waals surface area contributed by atoms with E-state index in [9.17, 15) is 0 Å². The average Bonchev–Trinajstić information content (AvgIpc) is 2.61. The zero-order valence-corrected chi connectivity index (χ0v) is 14.7. The fraction of sp³-hybridized carbons (Fsp3) is 0.438. The highest BCUT2D eigenvalue weighted by atomic mass is 16.5. The highest BCUT2D eigenvalue weighted by Crippen LogP contribution is 2.30. The average molecular weight is 345 g/mol. The SMILES string of the molecule is COc1ccc(Nc2nc(N)nc(N3CCN(C)CC3)n2)cc1OC. The third-order valence-corrected chi connectivity index (χ3v) is 4.07. The van der Waals surface area contributed by atoms with Gasteiger partial charge in [-0.25, -0.2) is 0 Å². The van der Waals surface area contributed by atoms with Gasteiger partial charge in [0.15, 0.2) is 11.5 Å². The summed E-state index contributed by atoms with van der Waals surface area (Å²) >= 11 is 0. The van der Waals surface area contributed by atoms with Crippen molar-refractivity contribution < 1.29 is 9.47 Å². The summed E-state index contributed by atoms with van der Waals surface area (Å²) in [6.45, 7) is 3.64. The van der Waals surface area contributed by atoms with Crippen molar-refractivity contribution in [1.29, 1.82) is 0 Å². The standard InChI is InChI=1S/C16H23N7O2/c1-22-6-8-23(9-7-22)16-20-14(17)19-15(21-16)18-11-4-5-12(24-2)13(10-11)25-3/h4-5,10H,6-9H2,1-3H3,(H3,17,18,19,20,21). The molecule has 0 atom stereocenters. The van der Waals surface area contributed by atoms with Crippen molar-refractivity contribution in [3.05, 3.63) is 18.2 Å². The van der Waals surface area contributed by atoms with Crippen LogP contribution in [0.4, 0.5) is 23.5 Å². The second kappa shape index (κ2) is 7.39. The van der Waals surface area contributed by atoms with Crippen LogP contribution < -0.4 is 25.4 Å². The monoisotopic (exact) mass is 345 g/mol. The summed E-state index contributed by atoms with van der Waals surface area (Å²) in [5, 5.41) is 3.14. The topological polar surface area (TPSA) is 102 Å². The predicted molar refractivity (Wildman–Crippen MR) is 96.8 cm³/mol. The number of aromatic nitrogens is 3. The minimum atomic E-state index is 0.187. The Bertz CT molecular complexity index is 732. The van der Waals surface area contributed by atoms with Crippen LogP contribution in [0.5, 0.6) is 11.5 Å². The third kappa shape index (κ3) is 4.00. The summed E-state index contributed by atoms with van der Waals surface area (Å²) in [4.78, 5) is 17.3. The number of nitrogens with two attached hydrogens (primary N) is 1. The van der Waals surface area contributed by atoms with Crippen LogP contribution in [-0.4, -0.2) is 67.3 Å². The molecule has 1 aliphatic heterocycles. The van der Waals surface area contributed by atoms with E-state index in [0.29, 0.717) is 23.4 Å². The van der Waals surface area contributed by atoms with E-state index in [2.05, 4.69) is 37.1 Å². The van der Waals surface area contributed by atoms with Gasteiger partial charge in [0.25, 0.3) is 0 Å². The molecule has 1 fully saturated rings. The maximum absolute atomic E-state index is 5.86. The van der Waals surface area contributed by atoms with Gasteiger partial charge in [-0.3, -0.25) is 0 Å². The molecule has 1 aromatic heterocycles. The molecule has 25 heavy (non-hydrogen) atoms. The van der Waals surface area contributed by atoms with Gasteiger partial charge < -0.3 is 30.3 Å². The molecule has 0 saturated carbocycles. The van der Waals surface area contributed by atoms with Gasteiger partial charge in [0, 0.05) is 37.9 Å². The predicted octanol–water partition coefficient (Wildman–Crippen LogP) is 0.966. The zero-order chi connectivity index (χ0) is 17.8. The van der Waals surface area contributed by atoms with Gasteiger partial charge in [0.05, 0.1) is 14.2 Å². The maximum atomic E-state index is 5.86. The van der Waals surface area contributed by atoms with E-state index in [0.717, 1.165) is 31.9 Å². The number of benzene rings is 1. The molecule has 0 bridgehead atoms. The van der Waals surface area contributed by atoms with E-state index >= 15 is 0 Å². The van der Waals surface area contributed by atoms with Gasteiger partial charge in [-0.1, -0.05) is 0 Å². The summed E-state index contributed by atoms with van der Waals surface area (Å²) in [5.74, 6) is 2.44. The molecule has 0 aliphatic carbocycles. The lowest BCUT2D eigenvalue weighted by molar-refractivity contribution is 0.311. The van der Waals surface area contributed by atoms with Crippen LogP contribution in [-0.2, 0) is 0 Å². The summed E-state index contributed by atoms with van der Waals surface area (Å²) in [7, 11) is 5.29. The molecular weight excluding hydrogens is 322 g/mol. The van der Waals surface area contributed by atoms with Gasteiger partial charge in [-0.05, 0) is 19.2 Å². The van der Waals surface area contributed by atoms with Crippen LogP contribution in [0.3, 0.4) is 0 Å². The fourth-order valence-corrected chi connectivity index (χ4v) is 2.63. The van der Waals surface area contributed by atoms with Crippen molar-refractivity contribution in [2.45, 2.75) is 0 Å². The number of likely N-dealkylation sites (N-methyl/N-ethyl adjacent to an activating group) is 1. The molecule has 0 unspecified atom stereocenters. The van der Waals surface area contributed by atoms with Crippen LogP contribution >= 0.6 is 0 Å². The van der Waals surface area contributed by atoms with E-state index in [1.807, 2.05) is 18.2 Å². The fourth-order valence-electron chi connectivity index (χ4n) is 2.63. The lowest BCUT2D eigenvalue weighted by Gasteiger charge is -2.32. The molecule has 134 valence electrons. The van der Waals surface area contributed by atoms with Crippen LogP contribution in [0, 0.1) is 0 Å². The number of nitrogens with zero attached hydrogens (tertiary/aromatic N) is 5. The number of nitrogen functional groups attached to an aromatic ring is 1. The van der Waals surface area contributed by atoms with E-state index in [1.54, 1.807) is 14.2 Å². The van der Waals surface area contributed by atoms with E-state index in [1.165, 1.54) is 0 Å². The lowest BCUT2D eigenvalue weighted by atomic mass is 10.3. The van der Waals surface area contributed by atoms with E-state index < -0.39 is 0 Å². The molecule has 2 heterocycles. The second-order valence-corrected chi connectivity index (χ2v) is 5.80. The van der Waals surface area contributed by atoms with Crippen molar-refractivity contribution in [3.8, 4) is 11.5 Å². The highest BCUT2D eigenvalue weighted by molar-refractivity contribution is 5.60. The van der Waals surface area contributed by atoms with Crippen molar-refractivity contribution >= 4 is 23.5 Å². The smallest absolute Gasteiger partial charge is 0.233 e.